The van der Waals surface area contributed by atoms with E-state index < -0.39 is 0 Å². The van der Waals surface area contributed by atoms with Gasteiger partial charge >= 0.3 is 0 Å². The van der Waals surface area contributed by atoms with E-state index in [1.807, 2.05) is 43.3 Å². The third-order valence-electron chi connectivity index (χ3n) is 2.84. The highest BCUT2D eigenvalue weighted by atomic mass is 35.5. The molecular formula is C14H13ClN6. The molecule has 0 atom stereocenters. The first-order valence-electron chi connectivity index (χ1n) is 6.31. The zero-order valence-corrected chi connectivity index (χ0v) is 12.0. The van der Waals surface area contributed by atoms with E-state index in [0.29, 0.717) is 22.5 Å². The van der Waals surface area contributed by atoms with Crippen LogP contribution in [-0.2, 0) is 0 Å². The van der Waals surface area contributed by atoms with Gasteiger partial charge in [-0.05, 0) is 31.2 Å². The Bertz CT molecular complexity index is 783. The van der Waals surface area contributed by atoms with Crippen LogP contribution in [0.15, 0.2) is 42.5 Å². The molecule has 6 nitrogen and oxygen atoms in total. The molecule has 2 heterocycles. The highest BCUT2D eigenvalue weighted by molar-refractivity contribution is 6.33. The summed E-state index contributed by atoms with van der Waals surface area (Å²) in [6, 6.07) is 13.0. The lowest BCUT2D eigenvalue weighted by molar-refractivity contribution is 0.853. The molecule has 1 aromatic carbocycles. The lowest BCUT2D eigenvalue weighted by atomic mass is 10.3. The molecule has 3 rings (SSSR count). The zero-order valence-electron chi connectivity index (χ0n) is 11.3. The molecule has 3 aromatic rings. The van der Waals surface area contributed by atoms with E-state index in [2.05, 4.69) is 20.4 Å². The highest BCUT2D eigenvalue weighted by Crippen LogP contribution is 2.24. The molecule has 0 fully saturated rings. The van der Waals surface area contributed by atoms with Gasteiger partial charge < -0.3 is 11.1 Å². The molecule has 106 valence electrons. The Morgan fingerprint density at radius 3 is 2.67 bits per heavy atom. The third-order valence-corrected chi connectivity index (χ3v) is 3.17. The molecule has 0 unspecified atom stereocenters. The summed E-state index contributed by atoms with van der Waals surface area (Å²) in [5, 5.41) is 7.93. The second-order valence-corrected chi connectivity index (χ2v) is 4.85. The molecule has 0 bridgehead atoms. The van der Waals surface area contributed by atoms with Crippen LogP contribution < -0.4 is 11.1 Å². The van der Waals surface area contributed by atoms with E-state index in [-0.39, 0.29) is 5.95 Å². The maximum absolute atomic E-state index is 6.09. The fraction of sp³-hybridized carbons (Fsp3) is 0.0714. The van der Waals surface area contributed by atoms with Crippen LogP contribution in [-0.4, -0.2) is 19.7 Å². The quantitative estimate of drug-likeness (QED) is 0.777. The lowest BCUT2D eigenvalue weighted by Crippen LogP contribution is -2.05. The Kier molecular flexibility index (Phi) is 3.45. The molecule has 21 heavy (non-hydrogen) atoms. The van der Waals surface area contributed by atoms with Crippen molar-refractivity contribution in [1.29, 1.82) is 0 Å². The van der Waals surface area contributed by atoms with Gasteiger partial charge in [-0.1, -0.05) is 29.8 Å². The topological polar surface area (TPSA) is 81.7 Å². The molecule has 0 saturated heterocycles. The predicted molar refractivity (Wildman–Crippen MR) is 83.0 cm³/mol. The number of hydrogen-bond donors (Lipinski definition) is 2. The first kappa shape index (κ1) is 13.4. The van der Waals surface area contributed by atoms with Crippen molar-refractivity contribution in [2.24, 2.45) is 0 Å². The van der Waals surface area contributed by atoms with Crippen LogP contribution in [0.3, 0.4) is 0 Å². The molecule has 0 saturated carbocycles. The minimum atomic E-state index is 0.252. The number of aryl methyl sites for hydroxylation is 1. The van der Waals surface area contributed by atoms with Gasteiger partial charge in [0.25, 0.3) is 0 Å². The summed E-state index contributed by atoms with van der Waals surface area (Å²) < 4.78 is 1.48. The highest BCUT2D eigenvalue weighted by Gasteiger charge is 2.11. The van der Waals surface area contributed by atoms with E-state index in [4.69, 9.17) is 17.3 Å². The van der Waals surface area contributed by atoms with Gasteiger partial charge in [-0.25, -0.2) is 4.98 Å². The number of nitrogens with one attached hydrogen (secondary N) is 1. The Labute approximate surface area is 126 Å². The molecule has 0 spiro atoms. The van der Waals surface area contributed by atoms with Crippen LogP contribution in [0.25, 0.3) is 5.82 Å². The summed E-state index contributed by atoms with van der Waals surface area (Å²) in [6.07, 6.45) is 0. The Balaban J connectivity index is 1.93. The first-order chi connectivity index (χ1) is 10.1. The SMILES string of the molecule is Cc1cccc(-n2nc(Nc3ccccc3Cl)nc2N)n1. The van der Waals surface area contributed by atoms with E-state index >= 15 is 0 Å². The van der Waals surface area contributed by atoms with E-state index in [9.17, 15) is 0 Å². The fourth-order valence-corrected chi connectivity index (χ4v) is 2.06. The third kappa shape index (κ3) is 2.80. The van der Waals surface area contributed by atoms with E-state index in [0.717, 1.165) is 5.69 Å². The molecule has 3 N–H and O–H groups in total. The fourth-order valence-electron chi connectivity index (χ4n) is 1.88. The number of benzene rings is 1. The van der Waals surface area contributed by atoms with Gasteiger partial charge in [-0.3, -0.25) is 0 Å². The smallest absolute Gasteiger partial charge is 0.248 e. The number of nitrogens with zero attached hydrogens (tertiary/aromatic N) is 4. The number of nitrogen functional groups attached to an aromatic ring is 1. The Morgan fingerprint density at radius 2 is 1.90 bits per heavy atom. The molecular weight excluding hydrogens is 288 g/mol. The van der Waals surface area contributed by atoms with Crippen molar-refractivity contribution in [3.63, 3.8) is 0 Å². The Hall–Kier alpha value is -2.60. The monoisotopic (exact) mass is 300 g/mol. The van der Waals surface area contributed by atoms with Crippen molar-refractivity contribution in [1.82, 2.24) is 19.7 Å². The summed E-state index contributed by atoms with van der Waals surface area (Å²) >= 11 is 6.09. The summed E-state index contributed by atoms with van der Waals surface area (Å²) in [4.78, 5) is 8.54. The molecule has 0 aliphatic heterocycles. The van der Waals surface area contributed by atoms with Crippen molar-refractivity contribution in [2.45, 2.75) is 6.92 Å². The van der Waals surface area contributed by atoms with Crippen LogP contribution >= 0.6 is 11.6 Å². The number of aromatic nitrogens is 4. The van der Waals surface area contributed by atoms with Crippen LogP contribution in [0.5, 0.6) is 0 Å². The minimum absolute atomic E-state index is 0.252. The normalized spacial score (nSPS) is 10.6. The van der Waals surface area contributed by atoms with E-state index in [1.165, 1.54) is 4.68 Å². The molecule has 7 heteroatoms. The van der Waals surface area contributed by atoms with Crippen molar-refractivity contribution in [3.05, 3.63) is 53.2 Å². The lowest BCUT2D eigenvalue weighted by Gasteiger charge is -2.03. The number of anilines is 3. The van der Waals surface area contributed by atoms with Crippen molar-refractivity contribution in [3.8, 4) is 5.82 Å². The predicted octanol–water partition coefficient (Wildman–Crippen LogP) is 2.95. The molecule has 0 aliphatic carbocycles. The van der Waals surface area contributed by atoms with Crippen molar-refractivity contribution in [2.75, 3.05) is 11.1 Å². The number of pyridine rings is 1. The second-order valence-electron chi connectivity index (χ2n) is 4.45. The molecule has 0 aliphatic rings. The molecule has 2 aromatic heterocycles. The number of halogens is 1. The average Bonchev–Trinajstić information content (AvgIpc) is 2.82. The summed E-state index contributed by atoms with van der Waals surface area (Å²) in [5.41, 5.74) is 7.49. The van der Waals surface area contributed by atoms with Gasteiger partial charge in [-0.2, -0.15) is 9.67 Å². The maximum atomic E-state index is 6.09. The second kappa shape index (κ2) is 5.41. The largest absolute Gasteiger partial charge is 0.368 e. The van der Waals surface area contributed by atoms with E-state index in [1.54, 1.807) is 6.07 Å². The van der Waals surface area contributed by atoms with Crippen LogP contribution in [0, 0.1) is 6.92 Å². The van der Waals surface area contributed by atoms with Gasteiger partial charge in [0.1, 0.15) is 0 Å². The number of nitrogens with two attached hydrogens (primary N) is 1. The summed E-state index contributed by atoms with van der Waals surface area (Å²) in [6.45, 7) is 1.90. The van der Waals surface area contributed by atoms with Gasteiger partial charge in [0.05, 0.1) is 10.7 Å². The van der Waals surface area contributed by atoms with Gasteiger partial charge in [-0.15, -0.1) is 5.10 Å². The minimum Gasteiger partial charge on any atom is -0.368 e. The van der Waals surface area contributed by atoms with Crippen LogP contribution in [0.1, 0.15) is 5.69 Å². The number of para-hydroxylation sites is 1. The first-order valence-corrected chi connectivity index (χ1v) is 6.69. The number of hydrogen-bond acceptors (Lipinski definition) is 5. The van der Waals surface area contributed by atoms with Gasteiger partial charge in [0, 0.05) is 5.69 Å². The maximum Gasteiger partial charge on any atom is 0.248 e. The number of rotatable bonds is 3. The van der Waals surface area contributed by atoms with Crippen molar-refractivity contribution >= 4 is 29.2 Å². The van der Waals surface area contributed by atoms with Crippen molar-refractivity contribution < 1.29 is 0 Å². The molecule has 0 radical (unpaired) electrons. The van der Waals surface area contributed by atoms with Crippen LogP contribution in [0.2, 0.25) is 5.02 Å². The Morgan fingerprint density at radius 1 is 1.10 bits per heavy atom. The summed E-state index contributed by atoms with van der Waals surface area (Å²) in [5.74, 6) is 1.23. The average molecular weight is 301 g/mol. The summed E-state index contributed by atoms with van der Waals surface area (Å²) in [7, 11) is 0. The standard InChI is InChI=1S/C14H13ClN6/c1-9-5-4-8-12(17-9)21-13(16)19-14(20-21)18-11-7-3-2-6-10(11)15/h2-8H,1H3,(H3,16,18,19,20). The zero-order chi connectivity index (χ0) is 14.8. The van der Waals surface area contributed by atoms with Gasteiger partial charge in [0.2, 0.25) is 11.9 Å². The molecule has 0 amide bonds. The van der Waals surface area contributed by atoms with Gasteiger partial charge in [0.15, 0.2) is 5.82 Å². The van der Waals surface area contributed by atoms with Crippen LogP contribution in [0.4, 0.5) is 17.6 Å².